The Bertz CT molecular complexity index is 362. The highest BCUT2D eigenvalue weighted by Crippen LogP contribution is 2.16. The van der Waals surface area contributed by atoms with Crippen molar-refractivity contribution in [3.05, 3.63) is 15.6 Å². The number of hydrogen-bond donors (Lipinski definition) is 1. The summed E-state index contributed by atoms with van der Waals surface area (Å²) in [5.41, 5.74) is 0.823. The second kappa shape index (κ2) is 5.96. The number of thiazole rings is 1. The number of likely N-dealkylation sites (N-methyl/N-ethyl adjacent to an activating group) is 1. The molecule has 0 aromatic carbocycles. The molecule has 0 aliphatic rings. The van der Waals surface area contributed by atoms with E-state index in [0.29, 0.717) is 6.54 Å². The van der Waals surface area contributed by atoms with Crippen LogP contribution in [0.2, 0.25) is 0 Å². The molecule has 0 aliphatic heterocycles. The number of nitrogens with one attached hydrogen (secondary N) is 1. The smallest absolute Gasteiger partial charge is 0.263 e. The van der Waals surface area contributed by atoms with Crippen molar-refractivity contribution in [1.82, 2.24) is 15.2 Å². The van der Waals surface area contributed by atoms with Gasteiger partial charge in [-0.1, -0.05) is 6.92 Å². The van der Waals surface area contributed by atoms with Crippen molar-refractivity contribution in [3.8, 4) is 0 Å². The molecule has 0 saturated carbocycles. The summed E-state index contributed by atoms with van der Waals surface area (Å²) < 4.78 is 0. The molecule has 0 aliphatic carbocycles. The summed E-state index contributed by atoms with van der Waals surface area (Å²) in [4.78, 5) is 18.9. The Hall–Kier alpha value is -0.940. The van der Waals surface area contributed by atoms with Crippen molar-refractivity contribution in [2.24, 2.45) is 0 Å². The predicted molar refractivity (Wildman–Crippen MR) is 67.1 cm³/mol. The van der Waals surface area contributed by atoms with Crippen LogP contribution in [-0.2, 0) is 0 Å². The third-order valence-electron chi connectivity index (χ3n) is 2.43. The van der Waals surface area contributed by atoms with E-state index in [1.54, 1.807) is 0 Å². The fraction of sp³-hybridized carbons (Fsp3) is 0.636. The van der Waals surface area contributed by atoms with Crippen molar-refractivity contribution in [1.29, 1.82) is 0 Å². The summed E-state index contributed by atoms with van der Waals surface area (Å²) in [6, 6.07) is 0. The van der Waals surface area contributed by atoms with E-state index in [0.717, 1.165) is 28.7 Å². The zero-order valence-corrected chi connectivity index (χ0v) is 11.1. The molecule has 0 atom stereocenters. The molecule has 1 rings (SSSR count). The van der Waals surface area contributed by atoms with Gasteiger partial charge in [-0.3, -0.25) is 4.79 Å². The van der Waals surface area contributed by atoms with E-state index >= 15 is 0 Å². The van der Waals surface area contributed by atoms with Crippen LogP contribution in [0.15, 0.2) is 0 Å². The lowest BCUT2D eigenvalue weighted by Crippen LogP contribution is -2.32. The summed E-state index contributed by atoms with van der Waals surface area (Å²) in [5.74, 6) is -0.00685. The van der Waals surface area contributed by atoms with Gasteiger partial charge in [0, 0.05) is 13.1 Å². The van der Waals surface area contributed by atoms with Crippen LogP contribution in [0.5, 0.6) is 0 Å². The van der Waals surface area contributed by atoms with Gasteiger partial charge in [-0.15, -0.1) is 11.3 Å². The maximum Gasteiger partial charge on any atom is 0.263 e. The molecule has 0 radical (unpaired) electrons. The first-order chi connectivity index (χ1) is 7.54. The molecule has 0 unspecified atom stereocenters. The molecular weight excluding hydrogens is 222 g/mol. The minimum absolute atomic E-state index is 0.00685. The molecule has 5 heteroatoms. The fourth-order valence-electron chi connectivity index (χ4n) is 1.34. The van der Waals surface area contributed by atoms with Gasteiger partial charge in [-0.05, 0) is 27.4 Å². The van der Waals surface area contributed by atoms with Crippen molar-refractivity contribution >= 4 is 17.2 Å². The van der Waals surface area contributed by atoms with Gasteiger partial charge in [0.05, 0.1) is 10.7 Å². The van der Waals surface area contributed by atoms with Gasteiger partial charge in [-0.25, -0.2) is 4.98 Å². The Kier molecular flexibility index (Phi) is 4.89. The number of carbonyl (C=O) groups is 1. The molecule has 1 aromatic heterocycles. The molecule has 4 nitrogen and oxygen atoms in total. The Balaban J connectivity index is 2.44. The van der Waals surface area contributed by atoms with Crippen LogP contribution in [0.4, 0.5) is 0 Å². The monoisotopic (exact) mass is 241 g/mol. The van der Waals surface area contributed by atoms with Crippen molar-refractivity contribution < 1.29 is 4.79 Å². The highest BCUT2D eigenvalue weighted by Gasteiger charge is 2.12. The van der Waals surface area contributed by atoms with Crippen molar-refractivity contribution in [2.45, 2.75) is 20.8 Å². The number of hydrogen-bond acceptors (Lipinski definition) is 4. The van der Waals surface area contributed by atoms with E-state index in [1.807, 2.05) is 20.9 Å². The van der Waals surface area contributed by atoms with Crippen LogP contribution in [0.25, 0.3) is 0 Å². The molecule has 0 spiro atoms. The van der Waals surface area contributed by atoms with E-state index in [9.17, 15) is 4.79 Å². The molecule has 1 aromatic rings. The number of aryl methyl sites for hydroxylation is 2. The Morgan fingerprint density at radius 3 is 2.69 bits per heavy atom. The first-order valence-electron chi connectivity index (χ1n) is 5.45. The van der Waals surface area contributed by atoms with Crippen molar-refractivity contribution in [2.75, 3.05) is 26.7 Å². The standard InChI is InChI=1S/C11H19N3OS/c1-5-14(4)7-6-12-11(15)10-8(2)13-9(3)16-10/h5-7H2,1-4H3,(H,12,15). The molecule has 90 valence electrons. The third-order valence-corrected chi connectivity index (χ3v) is 3.50. The van der Waals surface area contributed by atoms with E-state index in [-0.39, 0.29) is 5.91 Å². The van der Waals surface area contributed by atoms with Crippen LogP contribution in [0, 0.1) is 13.8 Å². The Morgan fingerprint density at radius 1 is 1.50 bits per heavy atom. The zero-order chi connectivity index (χ0) is 12.1. The van der Waals surface area contributed by atoms with Crippen LogP contribution in [0.1, 0.15) is 27.3 Å². The van der Waals surface area contributed by atoms with Crippen LogP contribution in [0.3, 0.4) is 0 Å². The molecule has 1 amide bonds. The maximum absolute atomic E-state index is 11.8. The van der Waals surface area contributed by atoms with Gasteiger partial charge in [0.25, 0.3) is 5.91 Å². The maximum atomic E-state index is 11.8. The number of rotatable bonds is 5. The first-order valence-corrected chi connectivity index (χ1v) is 6.27. The van der Waals surface area contributed by atoms with Crippen LogP contribution >= 0.6 is 11.3 Å². The number of amides is 1. The summed E-state index contributed by atoms with van der Waals surface area (Å²) in [5, 5.41) is 3.85. The molecule has 0 saturated heterocycles. The zero-order valence-electron chi connectivity index (χ0n) is 10.3. The minimum atomic E-state index is -0.00685. The largest absolute Gasteiger partial charge is 0.350 e. The van der Waals surface area contributed by atoms with Gasteiger partial charge in [0.1, 0.15) is 4.88 Å². The van der Waals surface area contributed by atoms with Gasteiger partial charge in [0.15, 0.2) is 0 Å². The Morgan fingerprint density at radius 2 is 2.19 bits per heavy atom. The number of carbonyl (C=O) groups excluding carboxylic acids is 1. The minimum Gasteiger partial charge on any atom is -0.350 e. The molecule has 16 heavy (non-hydrogen) atoms. The Labute approximate surface area is 101 Å². The molecule has 1 heterocycles. The third kappa shape index (κ3) is 3.57. The van der Waals surface area contributed by atoms with Gasteiger partial charge in [-0.2, -0.15) is 0 Å². The number of nitrogens with zero attached hydrogens (tertiary/aromatic N) is 2. The average Bonchev–Trinajstić information content (AvgIpc) is 2.57. The topological polar surface area (TPSA) is 45.2 Å². The summed E-state index contributed by atoms with van der Waals surface area (Å²) in [6.07, 6.45) is 0. The van der Waals surface area contributed by atoms with Gasteiger partial charge in [0.2, 0.25) is 0 Å². The van der Waals surface area contributed by atoms with Crippen LogP contribution in [-0.4, -0.2) is 42.5 Å². The van der Waals surface area contributed by atoms with Crippen LogP contribution < -0.4 is 5.32 Å². The summed E-state index contributed by atoms with van der Waals surface area (Å²) in [7, 11) is 2.04. The lowest BCUT2D eigenvalue weighted by atomic mass is 10.3. The predicted octanol–water partition coefficient (Wildman–Crippen LogP) is 1.44. The summed E-state index contributed by atoms with van der Waals surface area (Å²) in [6.45, 7) is 8.43. The first kappa shape index (κ1) is 13.1. The van der Waals surface area contributed by atoms with Gasteiger partial charge < -0.3 is 10.2 Å². The SMILES string of the molecule is CCN(C)CCNC(=O)c1sc(C)nc1C. The highest BCUT2D eigenvalue weighted by atomic mass is 32.1. The molecular formula is C11H19N3OS. The van der Waals surface area contributed by atoms with Gasteiger partial charge >= 0.3 is 0 Å². The highest BCUT2D eigenvalue weighted by molar-refractivity contribution is 7.13. The number of aromatic nitrogens is 1. The second-order valence-electron chi connectivity index (χ2n) is 3.80. The lowest BCUT2D eigenvalue weighted by molar-refractivity contribution is 0.0953. The van der Waals surface area contributed by atoms with Crippen molar-refractivity contribution in [3.63, 3.8) is 0 Å². The van der Waals surface area contributed by atoms with E-state index in [1.165, 1.54) is 11.3 Å². The van der Waals surface area contributed by atoms with E-state index in [2.05, 4.69) is 22.1 Å². The fourth-order valence-corrected chi connectivity index (χ4v) is 2.18. The normalized spacial score (nSPS) is 10.8. The van der Waals surface area contributed by atoms with E-state index in [4.69, 9.17) is 0 Å². The molecule has 0 fully saturated rings. The lowest BCUT2D eigenvalue weighted by Gasteiger charge is -2.13. The molecule has 0 bridgehead atoms. The summed E-state index contributed by atoms with van der Waals surface area (Å²) >= 11 is 1.45. The average molecular weight is 241 g/mol. The second-order valence-corrected chi connectivity index (χ2v) is 5.00. The van der Waals surface area contributed by atoms with E-state index < -0.39 is 0 Å². The molecule has 1 N–H and O–H groups in total. The quantitative estimate of drug-likeness (QED) is 0.848.